The van der Waals surface area contributed by atoms with Gasteiger partial charge in [0.25, 0.3) is 10.1 Å². The number of rotatable bonds is 7. The number of hydrogen-bond donors (Lipinski definition) is 2. The molecular formula is C10H14N4O4S2. The summed E-state index contributed by atoms with van der Waals surface area (Å²) in [5.74, 6) is 0.877. The topological polar surface area (TPSA) is 118 Å². The number of fused-ring (bicyclic) bond motifs is 1. The number of nitrogens with zero attached hydrogens (tertiary/aromatic N) is 3. The van der Waals surface area contributed by atoms with Gasteiger partial charge in [-0.25, -0.2) is 9.97 Å². The highest BCUT2D eigenvalue weighted by Crippen LogP contribution is 2.23. The Morgan fingerprint density at radius 1 is 1.40 bits per heavy atom. The third kappa shape index (κ3) is 4.05. The second-order valence-electron chi connectivity index (χ2n) is 3.96. The molecule has 0 spiro atoms. The third-order valence-electron chi connectivity index (χ3n) is 2.46. The molecule has 0 unspecified atom stereocenters. The Balaban J connectivity index is 1.91. The summed E-state index contributed by atoms with van der Waals surface area (Å²) in [6.45, 7) is 0. The average molecular weight is 318 g/mol. The van der Waals surface area contributed by atoms with E-state index < -0.39 is 10.1 Å². The number of H-pyrrole nitrogens is 1. The highest BCUT2D eigenvalue weighted by atomic mass is 32.2. The molecule has 0 bridgehead atoms. The van der Waals surface area contributed by atoms with E-state index in [0.717, 1.165) is 0 Å². The van der Waals surface area contributed by atoms with Crippen LogP contribution in [0.4, 0.5) is 0 Å². The standard InChI is InChI=1S/C10H14N4O4S2/c1-18-9-7-8(11-6-12-9)14-10(13-7)19-4-2-3-5-20(15,16)17/h6H,2-5H2,1H3,(H,15,16,17)(H,11,12,13,14). The first kappa shape index (κ1) is 15.0. The van der Waals surface area contributed by atoms with E-state index in [4.69, 9.17) is 9.29 Å². The van der Waals surface area contributed by atoms with Gasteiger partial charge in [0.05, 0.1) is 12.9 Å². The molecule has 2 heterocycles. The van der Waals surface area contributed by atoms with Gasteiger partial charge in [0.15, 0.2) is 16.3 Å². The van der Waals surface area contributed by atoms with Crippen LogP contribution < -0.4 is 4.74 Å². The van der Waals surface area contributed by atoms with Gasteiger partial charge in [-0.2, -0.15) is 13.4 Å². The molecule has 0 saturated carbocycles. The van der Waals surface area contributed by atoms with Crippen LogP contribution in [0.1, 0.15) is 12.8 Å². The van der Waals surface area contributed by atoms with Crippen LogP contribution in [0.3, 0.4) is 0 Å². The van der Waals surface area contributed by atoms with E-state index in [-0.39, 0.29) is 5.75 Å². The number of hydrogen-bond acceptors (Lipinski definition) is 7. The van der Waals surface area contributed by atoms with E-state index >= 15 is 0 Å². The van der Waals surface area contributed by atoms with Crippen molar-refractivity contribution in [3.05, 3.63) is 6.33 Å². The van der Waals surface area contributed by atoms with E-state index in [0.29, 0.717) is 40.8 Å². The van der Waals surface area contributed by atoms with E-state index in [2.05, 4.69) is 19.9 Å². The van der Waals surface area contributed by atoms with E-state index in [1.54, 1.807) is 0 Å². The predicted octanol–water partition coefficient (Wildman–Crippen LogP) is 1.12. The Labute approximate surface area is 120 Å². The summed E-state index contributed by atoms with van der Waals surface area (Å²) in [6, 6.07) is 0. The molecule has 0 radical (unpaired) electrons. The van der Waals surface area contributed by atoms with E-state index in [9.17, 15) is 8.42 Å². The molecule has 2 rings (SSSR count). The molecule has 2 N–H and O–H groups in total. The third-order valence-corrected chi connectivity index (χ3v) is 4.22. The van der Waals surface area contributed by atoms with Crippen LogP contribution in [-0.2, 0) is 10.1 Å². The molecular weight excluding hydrogens is 304 g/mol. The van der Waals surface area contributed by atoms with Gasteiger partial charge in [0.1, 0.15) is 6.33 Å². The summed E-state index contributed by atoms with van der Waals surface area (Å²) in [4.78, 5) is 15.4. The summed E-state index contributed by atoms with van der Waals surface area (Å²) in [5, 5.41) is 0.672. The number of nitrogens with one attached hydrogen (secondary N) is 1. The van der Waals surface area contributed by atoms with Crippen molar-refractivity contribution in [3.8, 4) is 5.88 Å². The molecule has 0 saturated heterocycles. The van der Waals surface area contributed by atoms with Crippen LogP contribution in [-0.4, -0.2) is 51.5 Å². The molecule has 20 heavy (non-hydrogen) atoms. The zero-order valence-electron chi connectivity index (χ0n) is 10.7. The Hall–Kier alpha value is -1.39. The molecule has 8 nitrogen and oxygen atoms in total. The van der Waals surface area contributed by atoms with Gasteiger partial charge in [0, 0.05) is 5.75 Å². The minimum Gasteiger partial charge on any atom is -0.479 e. The molecule has 2 aromatic heterocycles. The van der Waals surface area contributed by atoms with Crippen LogP contribution in [0.5, 0.6) is 5.88 Å². The smallest absolute Gasteiger partial charge is 0.264 e. The minimum atomic E-state index is -3.87. The number of imidazole rings is 1. The van der Waals surface area contributed by atoms with Gasteiger partial charge in [-0.05, 0) is 12.8 Å². The lowest BCUT2D eigenvalue weighted by atomic mass is 10.4. The molecule has 0 aliphatic heterocycles. The Morgan fingerprint density at radius 3 is 2.90 bits per heavy atom. The number of aromatic nitrogens is 4. The lowest BCUT2D eigenvalue weighted by Crippen LogP contribution is -2.03. The maximum absolute atomic E-state index is 10.6. The van der Waals surface area contributed by atoms with Crippen molar-refractivity contribution in [1.82, 2.24) is 19.9 Å². The van der Waals surface area contributed by atoms with Gasteiger partial charge >= 0.3 is 0 Å². The van der Waals surface area contributed by atoms with E-state index in [1.807, 2.05) is 0 Å². The molecule has 0 fully saturated rings. The normalized spacial score (nSPS) is 11.9. The van der Waals surface area contributed by atoms with Crippen molar-refractivity contribution < 1.29 is 17.7 Å². The van der Waals surface area contributed by atoms with Crippen LogP contribution in [0.2, 0.25) is 0 Å². The first-order valence-electron chi connectivity index (χ1n) is 5.82. The van der Waals surface area contributed by atoms with Crippen LogP contribution in [0.15, 0.2) is 11.5 Å². The number of unbranched alkanes of at least 4 members (excludes halogenated alkanes) is 1. The maximum Gasteiger partial charge on any atom is 0.264 e. The average Bonchev–Trinajstić information content (AvgIpc) is 2.79. The van der Waals surface area contributed by atoms with Gasteiger partial charge < -0.3 is 9.72 Å². The quantitative estimate of drug-likeness (QED) is 0.443. The molecule has 2 aromatic rings. The van der Waals surface area contributed by atoms with Crippen molar-refractivity contribution in [2.24, 2.45) is 0 Å². The maximum atomic E-state index is 10.6. The largest absolute Gasteiger partial charge is 0.479 e. The molecule has 110 valence electrons. The molecule has 0 amide bonds. The van der Waals surface area contributed by atoms with Crippen molar-refractivity contribution in [2.75, 3.05) is 18.6 Å². The van der Waals surface area contributed by atoms with Gasteiger partial charge in [0.2, 0.25) is 5.88 Å². The summed E-state index contributed by atoms with van der Waals surface area (Å²) < 4.78 is 34.8. The molecule has 10 heteroatoms. The summed E-state index contributed by atoms with van der Waals surface area (Å²) in [7, 11) is -2.35. The fourth-order valence-electron chi connectivity index (χ4n) is 1.56. The van der Waals surface area contributed by atoms with Crippen LogP contribution in [0.25, 0.3) is 11.2 Å². The van der Waals surface area contributed by atoms with Gasteiger partial charge in [-0.15, -0.1) is 0 Å². The Kier molecular flexibility index (Phi) is 4.78. The first-order valence-corrected chi connectivity index (χ1v) is 8.42. The number of aromatic amines is 1. The second kappa shape index (κ2) is 6.37. The zero-order chi connectivity index (χ0) is 14.6. The molecule has 0 atom stereocenters. The van der Waals surface area contributed by atoms with Crippen molar-refractivity contribution >= 4 is 33.0 Å². The molecule has 0 aromatic carbocycles. The summed E-state index contributed by atoms with van der Waals surface area (Å²) in [6.07, 6.45) is 2.46. The second-order valence-corrected chi connectivity index (χ2v) is 6.62. The van der Waals surface area contributed by atoms with Gasteiger partial charge in [-0.1, -0.05) is 11.8 Å². The van der Waals surface area contributed by atoms with E-state index in [1.165, 1.54) is 25.2 Å². The van der Waals surface area contributed by atoms with Crippen molar-refractivity contribution in [1.29, 1.82) is 0 Å². The van der Waals surface area contributed by atoms with Crippen molar-refractivity contribution in [2.45, 2.75) is 18.0 Å². The zero-order valence-corrected chi connectivity index (χ0v) is 12.4. The predicted molar refractivity (Wildman–Crippen MR) is 74.6 cm³/mol. The minimum absolute atomic E-state index is 0.215. The number of methoxy groups -OCH3 is 1. The molecule has 0 aliphatic carbocycles. The highest BCUT2D eigenvalue weighted by Gasteiger charge is 2.10. The lowest BCUT2D eigenvalue weighted by molar-refractivity contribution is 0.401. The molecule has 0 aliphatic rings. The SMILES string of the molecule is COc1ncnc2[nH]c(SCCCCS(=O)(=O)O)nc12. The summed E-state index contributed by atoms with van der Waals surface area (Å²) >= 11 is 1.45. The Bertz CT molecular complexity index is 686. The fourth-order valence-corrected chi connectivity index (χ4v) is 2.99. The fraction of sp³-hybridized carbons (Fsp3) is 0.500. The summed E-state index contributed by atoms with van der Waals surface area (Å²) in [5.41, 5.74) is 1.16. The number of ether oxygens (including phenoxy) is 1. The van der Waals surface area contributed by atoms with Crippen LogP contribution >= 0.6 is 11.8 Å². The number of thioether (sulfide) groups is 1. The van der Waals surface area contributed by atoms with Crippen molar-refractivity contribution in [3.63, 3.8) is 0 Å². The highest BCUT2D eigenvalue weighted by molar-refractivity contribution is 7.99. The monoisotopic (exact) mass is 318 g/mol. The first-order chi connectivity index (χ1) is 9.49. The van der Waals surface area contributed by atoms with Gasteiger partial charge in [-0.3, -0.25) is 4.55 Å². The Morgan fingerprint density at radius 2 is 2.20 bits per heavy atom. The van der Waals surface area contributed by atoms with Crippen LogP contribution in [0, 0.1) is 0 Å². The lowest BCUT2D eigenvalue weighted by Gasteiger charge is -1.97.